The van der Waals surface area contributed by atoms with Crippen LogP contribution in [0.5, 0.6) is 5.75 Å². The minimum Gasteiger partial charge on any atom is -0.478 e. The maximum Gasteiger partial charge on any atom is 0.573 e. The van der Waals surface area contributed by atoms with Crippen molar-refractivity contribution >= 4 is 5.97 Å². The summed E-state index contributed by atoms with van der Waals surface area (Å²) in [6, 6.07) is 3.95. The Bertz CT molecular complexity index is 523. The maximum absolute atomic E-state index is 12.4. The van der Waals surface area contributed by atoms with Crippen LogP contribution in [-0.2, 0) is 0 Å². The number of carbonyl (C=O) groups is 1. The first-order chi connectivity index (χ1) is 9.76. The predicted octanol–water partition coefficient (Wildman–Crippen LogP) is 3.09. The number of piperidine rings is 1. The second kappa shape index (κ2) is 5.93. The van der Waals surface area contributed by atoms with Crippen molar-refractivity contribution in [3.63, 3.8) is 0 Å². The number of carboxylic acids is 1. The number of halogens is 3. The number of benzene rings is 1. The van der Waals surface area contributed by atoms with E-state index in [-0.39, 0.29) is 5.92 Å². The zero-order valence-electron chi connectivity index (χ0n) is 11.5. The summed E-state index contributed by atoms with van der Waals surface area (Å²) in [7, 11) is 1.99. The highest BCUT2D eigenvalue weighted by Crippen LogP contribution is 2.33. The predicted molar refractivity (Wildman–Crippen MR) is 69.6 cm³/mol. The number of ether oxygens (including phenoxy) is 1. The van der Waals surface area contributed by atoms with Crippen LogP contribution >= 0.6 is 0 Å². The van der Waals surface area contributed by atoms with Gasteiger partial charge in [0, 0.05) is 0 Å². The van der Waals surface area contributed by atoms with Gasteiger partial charge in [-0.15, -0.1) is 13.2 Å². The summed E-state index contributed by atoms with van der Waals surface area (Å²) in [4.78, 5) is 13.1. The van der Waals surface area contributed by atoms with Gasteiger partial charge in [-0.1, -0.05) is 6.07 Å². The van der Waals surface area contributed by atoms with Crippen LogP contribution in [0.4, 0.5) is 13.2 Å². The van der Waals surface area contributed by atoms with Crippen LogP contribution < -0.4 is 4.74 Å². The third-order valence-electron chi connectivity index (χ3n) is 3.65. The molecular formula is C14H16F3NO3. The maximum atomic E-state index is 12.4. The van der Waals surface area contributed by atoms with E-state index in [0.717, 1.165) is 25.9 Å². The molecule has 1 saturated heterocycles. The van der Waals surface area contributed by atoms with Crippen molar-refractivity contribution in [3.05, 3.63) is 29.3 Å². The number of alkyl halides is 3. The summed E-state index contributed by atoms with van der Waals surface area (Å²) >= 11 is 0. The van der Waals surface area contributed by atoms with Gasteiger partial charge in [-0.05, 0) is 56.6 Å². The number of hydrogen-bond donors (Lipinski definition) is 1. The molecule has 0 aromatic heterocycles. The number of hydrogen-bond acceptors (Lipinski definition) is 3. The van der Waals surface area contributed by atoms with E-state index < -0.39 is 23.6 Å². The fourth-order valence-electron chi connectivity index (χ4n) is 2.52. The lowest BCUT2D eigenvalue weighted by Gasteiger charge is -2.29. The first kappa shape index (κ1) is 15.6. The molecule has 1 aliphatic rings. The third kappa shape index (κ3) is 4.10. The summed E-state index contributed by atoms with van der Waals surface area (Å²) < 4.78 is 41.0. The van der Waals surface area contributed by atoms with E-state index >= 15 is 0 Å². The Morgan fingerprint density at radius 2 is 1.95 bits per heavy atom. The molecule has 116 valence electrons. The summed E-state index contributed by atoms with van der Waals surface area (Å²) in [6.07, 6.45) is -3.25. The Kier molecular flexibility index (Phi) is 4.41. The zero-order chi connectivity index (χ0) is 15.6. The van der Waals surface area contributed by atoms with Crippen molar-refractivity contribution < 1.29 is 27.8 Å². The normalized spacial score (nSPS) is 17.7. The van der Waals surface area contributed by atoms with Gasteiger partial charge in [-0.2, -0.15) is 0 Å². The first-order valence-electron chi connectivity index (χ1n) is 6.58. The van der Waals surface area contributed by atoms with E-state index in [0.29, 0.717) is 5.56 Å². The quantitative estimate of drug-likeness (QED) is 0.932. The molecule has 1 fully saturated rings. The minimum atomic E-state index is -4.91. The van der Waals surface area contributed by atoms with Gasteiger partial charge in [0.15, 0.2) is 0 Å². The molecule has 4 nitrogen and oxygen atoms in total. The zero-order valence-corrected chi connectivity index (χ0v) is 11.5. The Labute approximate surface area is 120 Å². The van der Waals surface area contributed by atoms with Crippen molar-refractivity contribution in [2.45, 2.75) is 25.1 Å². The van der Waals surface area contributed by atoms with Crippen LogP contribution in [0.3, 0.4) is 0 Å². The molecule has 0 spiro atoms. The number of rotatable bonds is 3. The second-order valence-corrected chi connectivity index (χ2v) is 5.19. The molecule has 1 aromatic carbocycles. The SMILES string of the molecule is CN1CCC(c2ccc(C(=O)O)c(OC(F)(F)F)c2)CC1. The van der Waals surface area contributed by atoms with Gasteiger partial charge in [0.25, 0.3) is 0 Å². The number of nitrogens with zero attached hydrogens (tertiary/aromatic N) is 1. The lowest BCUT2D eigenvalue weighted by molar-refractivity contribution is -0.274. The van der Waals surface area contributed by atoms with Crippen molar-refractivity contribution in [1.29, 1.82) is 0 Å². The van der Waals surface area contributed by atoms with E-state index in [1.54, 1.807) is 6.07 Å². The molecule has 1 aliphatic heterocycles. The molecule has 0 bridgehead atoms. The van der Waals surface area contributed by atoms with Crippen LogP contribution in [0.25, 0.3) is 0 Å². The summed E-state index contributed by atoms with van der Waals surface area (Å²) in [5.74, 6) is -1.96. The van der Waals surface area contributed by atoms with Crippen molar-refractivity contribution in [2.75, 3.05) is 20.1 Å². The van der Waals surface area contributed by atoms with Crippen LogP contribution in [0.15, 0.2) is 18.2 Å². The number of aromatic carboxylic acids is 1. The smallest absolute Gasteiger partial charge is 0.478 e. The fourth-order valence-corrected chi connectivity index (χ4v) is 2.52. The van der Waals surface area contributed by atoms with Crippen LogP contribution in [-0.4, -0.2) is 42.5 Å². The lowest BCUT2D eigenvalue weighted by atomic mass is 9.89. The van der Waals surface area contributed by atoms with Gasteiger partial charge in [0.05, 0.1) is 0 Å². The lowest BCUT2D eigenvalue weighted by Crippen LogP contribution is -2.29. The van der Waals surface area contributed by atoms with Crippen molar-refractivity contribution in [3.8, 4) is 5.75 Å². The Morgan fingerprint density at radius 1 is 1.33 bits per heavy atom. The van der Waals surface area contributed by atoms with E-state index in [2.05, 4.69) is 9.64 Å². The molecule has 21 heavy (non-hydrogen) atoms. The highest BCUT2D eigenvalue weighted by atomic mass is 19.4. The molecule has 0 atom stereocenters. The van der Waals surface area contributed by atoms with Gasteiger partial charge in [-0.3, -0.25) is 0 Å². The summed E-state index contributed by atoms with van der Waals surface area (Å²) in [5, 5.41) is 8.94. The Balaban J connectivity index is 2.28. The van der Waals surface area contributed by atoms with Crippen molar-refractivity contribution in [1.82, 2.24) is 4.90 Å². The van der Waals surface area contributed by atoms with Crippen LogP contribution in [0.1, 0.15) is 34.7 Å². The molecule has 1 aromatic rings. The van der Waals surface area contributed by atoms with Crippen molar-refractivity contribution in [2.24, 2.45) is 0 Å². The molecule has 0 saturated carbocycles. The van der Waals surface area contributed by atoms with Crippen LogP contribution in [0.2, 0.25) is 0 Å². The third-order valence-corrected chi connectivity index (χ3v) is 3.65. The Hall–Kier alpha value is -1.76. The van der Waals surface area contributed by atoms with E-state index in [9.17, 15) is 18.0 Å². The molecule has 1 heterocycles. The topological polar surface area (TPSA) is 49.8 Å². The molecule has 0 aliphatic carbocycles. The van der Waals surface area contributed by atoms with E-state index in [1.165, 1.54) is 12.1 Å². The average molecular weight is 303 g/mol. The van der Waals surface area contributed by atoms with Gasteiger partial charge in [0.2, 0.25) is 0 Å². The molecule has 0 unspecified atom stereocenters. The molecular weight excluding hydrogens is 287 g/mol. The van der Waals surface area contributed by atoms with Gasteiger partial charge < -0.3 is 14.7 Å². The molecule has 1 N–H and O–H groups in total. The minimum absolute atomic E-state index is 0.125. The Morgan fingerprint density at radius 3 is 2.48 bits per heavy atom. The first-order valence-corrected chi connectivity index (χ1v) is 6.58. The highest BCUT2D eigenvalue weighted by molar-refractivity contribution is 5.91. The summed E-state index contributed by atoms with van der Waals surface area (Å²) in [5.41, 5.74) is 0.205. The van der Waals surface area contributed by atoms with Gasteiger partial charge >= 0.3 is 12.3 Å². The average Bonchev–Trinajstić information content (AvgIpc) is 2.37. The highest BCUT2D eigenvalue weighted by Gasteiger charge is 2.33. The number of likely N-dealkylation sites (tertiary alicyclic amines) is 1. The van der Waals surface area contributed by atoms with E-state index in [1.807, 2.05) is 7.05 Å². The molecule has 7 heteroatoms. The van der Waals surface area contributed by atoms with Gasteiger partial charge in [-0.25, -0.2) is 4.79 Å². The molecule has 0 amide bonds. The monoisotopic (exact) mass is 303 g/mol. The fraction of sp³-hybridized carbons (Fsp3) is 0.500. The standard InChI is InChI=1S/C14H16F3NO3/c1-18-6-4-9(5-7-18)10-2-3-11(13(19)20)12(8-10)21-14(15,16)17/h2-3,8-9H,4-7H2,1H3,(H,19,20). The molecule has 2 rings (SSSR count). The largest absolute Gasteiger partial charge is 0.573 e. The van der Waals surface area contributed by atoms with Gasteiger partial charge in [0.1, 0.15) is 11.3 Å². The van der Waals surface area contributed by atoms with E-state index in [4.69, 9.17) is 5.11 Å². The summed E-state index contributed by atoms with van der Waals surface area (Å²) in [6.45, 7) is 1.72. The van der Waals surface area contributed by atoms with Crippen LogP contribution in [0, 0.1) is 0 Å². The number of carboxylic acid groups (broad SMARTS) is 1. The second-order valence-electron chi connectivity index (χ2n) is 5.19. The molecule has 0 radical (unpaired) electrons.